The van der Waals surface area contributed by atoms with Crippen LogP contribution in [-0.4, -0.2) is 43.2 Å². The molecule has 1 aliphatic rings. The molecule has 0 saturated carbocycles. The molecule has 0 spiro atoms. The van der Waals surface area contributed by atoms with Crippen molar-refractivity contribution in [1.82, 2.24) is 24.2 Å². The summed E-state index contributed by atoms with van der Waals surface area (Å²) in [6.07, 6.45) is 4.24. The fraction of sp³-hybridized carbons (Fsp3) is 0.368. The van der Waals surface area contributed by atoms with E-state index < -0.39 is 0 Å². The highest BCUT2D eigenvalue weighted by Gasteiger charge is 2.30. The van der Waals surface area contributed by atoms with Crippen molar-refractivity contribution in [2.24, 2.45) is 13.0 Å². The van der Waals surface area contributed by atoms with Crippen LogP contribution in [0.3, 0.4) is 0 Å². The second-order valence-corrected chi connectivity index (χ2v) is 7.43. The van der Waals surface area contributed by atoms with Gasteiger partial charge in [-0.05, 0) is 30.0 Å². The predicted octanol–water partition coefficient (Wildman–Crippen LogP) is 1.87. The van der Waals surface area contributed by atoms with Gasteiger partial charge in [-0.15, -0.1) is 0 Å². The standard InChI is InChI=1S/C19H20ClN5O2/c1-23-18-16(9-22-23)19(27)24(12-21-18)7-6-17(26)25-10-14(11-25)8-13-2-4-15(20)5-3-13/h2-5,9,12,14H,6-8,10-11H2,1H3. The lowest BCUT2D eigenvalue weighted by molar-refractivity contribution is -0.137. The molecule has 8 heteroatoms. The lowest BCUT2D eigenvalue weighted by Gasteiger charge is -2.39. The highest BCUT2D eigenvalue weighted by molar-refractivity contribution is 6.30. The number of aryl methyl sites for hydroxylation is 2. The molecule has 7 nitrogen and oxygen atoms in total. The van der Waals surface area contributed by atoms with Gasteiger partial charge in [0.2, 0.25) is 5.91 Å². The van der Waals surface area contributed by atoms with E-state index in [9.17, 15) is 9.59 Å². The molecule has 140 valence electrons. The smallest absolute Gasteiger partial charge is 0.264 e. The number of carbonyl (C=O) groups is 1. The summed E-state index contributed by atoms with van der Waals surface area (Å²) in [6.45, 7) is 1.85. The summed E-state index contributed by atoms with van der Waals surface area (Å²) in [5, 5.41) is 5.26. The quantitative estimate of drug-likeness (QED) is 0.672. The summed E-state index contributed by atoms with van der Waals surface area (Å²) < 4.78 is 3.04. The van der Waals surface area contributed by atoms with E-state index in [4.69, 9.17) is 11.6 Å². The fourth-order valence-corrected chi connectivity index (χ4v) is 3.58. The molecule has 2 aromatic heterocycles. The van der Waals surface area contributed by atoms with Gasteiger partial charge >= 0.3 is 0 Å². The van der Waals surface area contributed by atoms with Gasteiger partial charge in [-0.1, -0.05) is 23.7 Å². The Balaban J connectivity index is 1.30. The molecule has 3 heterocycles. The Morgan fingerprint density at radius 3 is 2.74 bits per heavy atom. The topological polar surface area (TPSA) is 73.0 Å². The fourth-order valence-electron chi connectivity index (χ4n) is 3.46. The molecule has 4 rings (SSSR count). The van der Waals surface area contributed by atoms with Crippen molar-refractivity contribution in [3.63, 3.8) is 0 Å². The van der Waals surface area contributed by atoms with Crippen LogP contribution in [0.5, 0.6) is 0 Å². The molecule has 0 bridgehead atoms. The van der Waals surface area contributed by atoms with Crippen LogP contribution in [0.2, 0.25) is 5.02 Å². The lowest BCUT2D eigenvalue weighted by Crippen LogP contribution is -2.51. The van der Waals surface area contributed by atoms with E-state index >= 15 is 0 Å². The van der Waals surface area contributed by atoms with E-state index in [0.29, 0.717) is 29.9 Å². The van der Waals surface area contributed by atoms with Crippen LogP contribution >= 0.6 is 11.6 Å². The number of aromatic nitrogens is 4. The number of fused-ring (bicyclic) bond motifs is 1. The molecule has 1 aliphatic heterocycles. The number of benzene rings is 1. The Bertz CT molecular complexity index is 1030. The van der Waals surface area contributed by atoms with Crippen molar-refractivity contribution in [3.05, 3.63) is 57.7 Å². The van der Waals surface area contributed by atoms with Crippen LogP contribution in [0.15, 0.2) is 41.6 Å². The zero-order valence-electron chi connectivity index (χ0n) is 15.0. The molecule has 3 aromatic rings. The number of nitrogens with zero attached hydrogens (tertiary/aromatic N) is 5. The van der Waals surface area contributed by atoms with E-state index in [2.05, 4.69) is 10.1 Å². The molecule has 1 saturated heterocycles. The Morgan fingerprint density at radius 1 is 1.26 bits per heavy atom. The zero-order chi connectivity index (χ0) is 19.0. The van der Waals surface area contributed by atoms with Crippen LogP contribution in [-0.2, 0) is 24.8 Å². The molecule has 0 N–H and O–H groups in total. The first-order valence-corrected chi connectivity index (χ1v) is 9.28. The Morgan fingerprint density at radius 2 is 2.00 bits per heavy atom. The van der Waals surface area contributed by atoms with Gasteiger partial charge in [0.05, 0.1) is 12.5 Å². The van der Waals surface area contributed by atoms with E-state index in [0.717, 1.165) is 24.5 Å². The van der Waals surface area contributed by atoms with Crippen molar-refractivity contribution in [2.75, 3.05) is 13.1 Å². The van der Waals surface area contributed by atoms with E-state index in [1.807, 2.05) is 29.2 Å². The molecule has 0 radical (unpaired) electrons. The number of hydrogen-bond acceptors (Lipinski definition) is 4. The molecule has 1 fully saturated rings. The van der Waals surface area contributed by atoms with Crippen LogP contribution < -0.4 is 5.56 Å². The Kier molecular flexibility index (Phi) is 4.70. The van der Waals surface area contributed by atoms with Gasteiger partial charge in [0.25, 0.3) is 5.56 Å². The van der Waals surface area contributed by atoms with Crippen molar-refractivity contribution < 1.29 is 4.79 Å². The average molecular weight is 386 g/mol. The van der Waals surface area contributed by atoms with Crippen molar-refractivity contribution in [1.29, 1.82) is 0 Å². The van der Waals surface area contributed by atoms with Crippen LogP contribution in [0.25, 0.3) is 11.0 Å². The molecule has 0 unspecified atom stereocenters. The lowest BCUT2D eigenvalue weighted by atomic mass is 9.92. The van der Waals surface area contributed by atoms with E-state index in [1.54, 1.807) is 11.7 Å². The molecule has 1 aromatic carbocycles. The highest BCUT2D eigenvalue weighted by atomic mass is 35.5. The van der Waals surface area contributed by atoms with Gasteiger partial charge in [-0.3, -0.25) is 18.8 Å². The maximum Gasteiger partial charge on any atom is 0.264 e. The number of hydrogen-bond donors (Lipinski definition) is 0. The summed E-state index contributed by atoms with van der Waals surface area (Å²) in [5.74, 6) is 0.548. The van der Waals surface area contributed by atoms with Crippen LogP contribution in [0.4, 0.5) is 0 Å². The van der Waals surface area contributed by atoms with E-state index in [-0.39, 0.29) is 11.5 Å². The van der Waals surface area contributed by atoms with E-state index in [1.165, 1.54) is 22.7 Å². The second kappa shape index (κ2) is 7.15. The molecule has 0 aliphatic carbocycles. The normalized spacial score (nSPS) is 14.5. The van der Waals surface area contributed by atoms with Crippen LogP contribution in [0, 0.1) is 5.92 Å². The summed E-state index contributed by atoms with van der Waals surface area (Å²) in [7, 11) is 1.74. The average Bonchev–Trinajstić information content (AvgIpc) is 3.00. The minimum atomic E-state index is -0.162. The first kappa shape index (κ1) is 17.7. The molecule has 1 amide bonds. The summed E-state index contributed by atoms with van der Waals surface area (Å²) in [5.41, 5.74) is 1.62. The SMILES string of the molecule is Cn1ncc2c(=O)n(CCC(=O)N3CC(Cc4ccc(Cl)cc4)C3)cnc21. The molecular formula is C19H20ClN5O2. The molecular weight excluding hydrogens is 366 g/mol. The maximum atomic E-state index is 12.4. The minimum Gasteiger partial charge on any atom is -0.342 e. The molecule has 27 heavy (non-hydrogen) atoms. The van der Waals surface area contributed by atoms with Gasteiger partial charge in [0.15, 0.2) is 5.65 Å². The van der Waals surface area contributed by atoms with Crippen LogP contribution in [0.1, 0.15) is 12.0 Å². The van der Waals surface area contributed by atoms with Gasteiger partial charge in [-0.2, -0.15) is 5.10 Å². The first-order valence-electron chi connectivity index (χ1n) is 8.90. The van der Waals surface area contributed by atoms with Crippen molar-refractivity contribution in [3.8, 4) is 0 Å². The first-order chi connectivity index (χ1) is 13.0. The van der Waals surface area contributed by atoms with Crippen molar-refractivity contribution in [2.45, 2.75) is 19.4 Å². The predicted molar refractivity (Wildman–Crippen MR) is 103 cm³/mol. The third-order valence-corrected chi connectivity index (χ3v) is 5.28. The second-order valence-electron chi connectivity index (χ2n) is 6.99. The summed E-state index contributed by atoms with van der Waals surface area (Å²) >= 11 is 5.90. The monoisotopic (exact) mass is 385 g/mol. The third kappa shape index (κ3) is 3.60. The number of halogens is 1. The van der Waals surface area contributed by atoms with Gasteiger partial charge in [0, 0.05) is 38.1 Å². The number of carbonyl (C=O) groups excluding carboxylic acids is 1. The largest absolute Gasteiger partial charge is 0.342 e. The Hall–Kier alpha value is -2.67. The highest BCUT2D eigenvalue weighted by Crippen LogP contribution is 2.22. The Labute approximate surface area is 161 Å². The number of amides is 1. The van der Waals surface area contributed by atoms with Gasteiger partial charge in [-0.25, -0.2) is 4.98 Å². The summed E-state index contributed by atoms with van der Waals surface area (Å²) in [4.78, 5) is 30.9. The zero-order valence-corrected chi connectivity index (χ0v) is 15.8. The number of likely N-dealkylation sites (tertiary alicyclic amines) is 1. The van der Waals surface area contributed by atoms with Gasteiger partial charge < -0.3 is 4.90 Å². The van der Waals surface area contributed by atoms with Gasteiger partial charge in [0.1, 0.15) is 5.39 Å². The maximum absolute atomic E-state index is 12.4. The summed E-state index contributed by atoms with van der Waals surface area (Å²) in [6, 6.07) is 7.84. The molecule has 0 atom stereocenters. The minimum absolute atomic E-state index is 0.0699. The third-order valence-electron chi connectivity index (χ3n) is 5.03. The van der Waals surface area contributed by atoms with Crippen molar-refractivity contribution >= 4 is 28.5 Å². The number of rotatable bonds is 5.